The van der Waals surface area contributed by atoms with E-state index in [0.717, 1.165) is 17.8 Å². The minimum Gasteiger partial charge on any atom is -0.0654 e. The predicted molar refractivity (Wildman–Crippen MR) is 50.6 cm³/mol. The fourth-order valence-electron chi connectivity index (χ4n) is 1.91. The molecule has 1 aliphatic carbocycles. The zero-order valence-corrected chi connectivity index (χ0v) is 8.27. The highest BCUT2D eigenvalue weighted by Gasteiger charge is 2.32. The van der Waals surface area contributed by atoms with E-state index in [-0.39, 0.29) is 0 Å². The number of unbranched alkanes of at least 4 members (excludes halogenated alkanes) is 1. The zero-order valence-electron chi connectivity index (χ0n) is 8.27. The second kappa shape index (κ2) is 4.13. The molecule has 0 aliphatic heterocycles. The summed E-state index contributed by atoms with van der Waals surface area (Å²) < 4.78 is 0. The van der Waals surface area contributed by atoms with Gasteiger partial charge in [-0.15, -0.1) is 0 Å². The SMILES string of the molecule is CCCCC(C)CC1CC1C. The lowest BCUT2D eigenvalue weighted by atomic mass is 9.97. The molecule has 66 valence electrons. The van der Waals surface area contributed by atoms with Crippen molar-refractivity contribution in [2.75, 3.05) is 0 Å². The van der Waals surface area contributed by atoms with E-state index in [4.69, 9.17) is 0 Å². The highest BCUT2D eigenvalue weighted by Crippen LogP contribution is 2.43. The maximum absolute atomic E-state index is 2.42. The summed E-state index contributed by atoms with van der Waals surface area (Å²) in [5.74, 6) is 3.14. The van der Waals surface area contributed by atoms with Crippen molar-refractivity contribution in [3.05, 3.63) is 0 Å². The third-order valence-corrected chi connectivity index (χ3v) is 3.03. The van der Waals surface area contributed by atoms with Gasteiger partial charge in [0.05, 0.1) is 0 Å². The average molecular weight is 154 g/mol. The molecule has 0 saturated heterocycles. The van der Waals surface area contributed by atoms with E-state index < -0.39 is 0 Å². The summed E-state index contributed by atoms with van der Waals surface area (Å²) in [7, 11) is 0. The van der Waals surface area contributed by atoms with Gasteiger partial charge in [-0.25, -0.2) is 0 Å². The molecule has 0 N–H and O–H groups in total. The lowest BCUT2D eigenvalue weighted by Crippen LogP contribution is -1.96. The Morgan fingerprint density at radius 1 is 1.45 bits per heavy atom. The van der Waals surface area contributed by atoms with Gasteiger partial charge in [-0.3, -0.25) is 0 Å². The van der Waals surface area contributed by atoms with E-state index in [1.165, 1.54) is 32.1 Å². The van der Waals surface area contributed by atoms with Crippen molar-refractivity contribution in [3.63, 3.8) is 0 Å². The Kier molecular flexibility index (Phi) is 3.42. The van der Waals surface area contributed by atoms with Crippen molar-refractivity contribution < 1.29 is 0 Å². The third-order valence-electron chi connectivity index (χ3n) is 3.03. The fraction of sp³-hybridized carbons (Fsp3) is 1.00. The van der Waals surface area contributed by atoms with Crippen LogP contribution in [0.25, 0.3) is 0 Å². The van der Waals surface area contributed by atoms with E-state index >= 15 is 0 Å². The van der Waals surface area contributed by atoms with E-state index in [0.29, 0.717) is 0 Å². The molecule has 0 nitrogen and oxygen atoms in total. The summed E-state index contributed by atoms with van der Waals surface area (Å²) >= 11 is 0. The first-order valence-corrected chi connectivity index (χ1v) is 5.24. The molecule has 0 heterocycles. The summed E-state index contributed by atoms with van der Waals surface area (Å²) in [4.78, 5) is 0. The molecular weight excluding hydrogens is 132 g/mol. The first-order chi connectivity index (χ1) is 5.24. The first-order valence-electron chi connectivity index (χ1n) is 5.24. The number of rotatable bonds is 5. The Labute approximate surface area is 71.4 Å². The molecule has 0 bridgehead atoms. The van der Waals surface area contributed by atoms with Crippen LogP contribution in [0, 0.1) is 17.8 Å². The van der Waals surface area contributed by atoms with Crippen molar-refractivity contribution in [1.29, 1.82) is 0 Å². The van der Waals surface area contributed by atoms with Gasteiger partial charge in [0.2, 0.25) is 0 Å². The maximum Gasteiger partial charge on any atom is -0.0383 e. The number of hydrogen-bond donors (Lipinski definition) is 0. The minimum atomic E-state index is 0.991. The molecule has 3 unspecified atom stereocenters. The zero-order chi connectivity index (χ0) is 8.27. The molecule has 3 atom stereocenters. The van der Waals surface area contributed by atoms with Crippen LogP contribution in [0.5, 0.6) is 0 Å². The van der Waals surface area contributed by atoms with Crippen LogP contribution in [0.1, 0.15) is 52.9 Å². The van der Waals surface area contributed by atoms with Gasteiger partial charge < -0.3 is 0 Å². The fourth-order valence-corrected chi connectivity index (χ4v) is 1.91. The molecule has 1 saturated carbocycles. The minimum absolute atomic E-state index is 0.991. The van der Waals surface area contributed by atoms with Crippen molar-refractivity contribution in [2.24, 2.45) is 17.8 Å². The highest BCUT2D eigenvalue weighted by molar-refractivity contribution is 4.83. The Balaban J connectivity index is 1.97. The van der Waals surface area contributed by atoms with E-state index in [9.17, 15) is 0 Å². The summed E-state index contributed by atoms with van der Waals surface area (Å²) in [6.07, 6.45) is 7.27. The molecule has 0 spiro atoms. The molecular formula is C11H22. The smallest absolute Gasteiger partial charge is 0.0383 e. The van der Waals surface area contributed by atoms with Crippen LogP contribution in [0.3, 0.4) is 0 Å². The highest BCUT2D eigenvalue weighted by atomic mass is 14.4. The number of hydrogen-bond acceptors (Lipinski definition) is 0. The van der Waals surface area contributed by atoms with Crippen LogP contribution in [0.2, 0.25) is 0 Å². The Bertz CT molecular complexity index is 107. The van der Waals surface area contributed by atoms with Crippen molar-refractivity contribution in [2.45, 2.75) is 52.9 Å². The van der Waals surface area contributed by atoms with Crippen LogP contribution < -0.4 is 0 Å². The summed E-state index contributed by atoms with van der Waals surface area (Å²) in [5.41, 5.74) is 0. The van der Waals surface area contributed by atoms with Gasteiger partial charge >= 0.3 is 0 Å². The van der Waals surface area contributed by atoms with Gasteiger partial charge in [0, 0.05) is 0 Å². The lowest BCUT2D eigenvalue weighted by Gasteiger charge is -2.08. The van der Waals surface area contributed by atoms with Crippen molar-refractivity contribution >= 4 is 0 Å². The molecule has 0 aromatic heterocycles. The Morgan fingerprint density at radius 3 is 2.55 bits per heavy atom. The standard InChI is InChI=1S/C11H22/c1-4-5-6-9(2)7-11-8-10(11)3/h9-11H,4-8H2,1-3H3. The summed E-state index contributed by atoms with van der Waals surface area (Å²) in [6, 6.07) is 0. The molecule has 1 aliphatic rings. The van der Waals surface area contributed by atoms with E-state index in [1.807, 2.05) is 0 Å². The van der Waals surface area contributed by atoms with Gasteiger partial charge in [0.15, 0.2) is 0 Å². The maximum atomic E-state index is 2.42. The lowest BCUT2D eigenvalue weighted by molar-refractivity contribution is 0.436. The van der Waals surface area contributed by atoms with Crippen molar-refractivity contribution in [3.8, 4) is 0 Å². The normalized spacial score (nSPS) is 31.9. The molecule has 0 aromatic rings. The molecule has 0 aromatic carbocycles. The van der Waals surface area contributed by atoms with E-state index in [2.05, 4.69) is 20.8 Å². The summed E-state index contributed by atoms with van der Waals surface area (Å²) in [5, 5.41) is 0. The molecule has 11 heavy (non-hydrogen) atoms. The average Bonchev–Trinajstić information content (AvgIpc) is 2.62. The van der Waals surface area contributed by atoms with Crippen LogP contribution in [-0.2, 0) is 0 Å². The molecule has 1 fully saturated rings. The largest absolute Gasteiger partial charge is 0.0654 e. The Hall–Kier alpha value is 0. The second-order valence-electron chi connectivity index (χ2n) is 4.46. The van der Waals surface area contributed by atoms with E-state index in [1.54, 1.807) is 0 Å². The molecule has 0 heteroatoms. The van der Waals surface area contributed by atoms with Crippen LogP contribution >= 0.6 is 0 Å². The monoisotopic (exact) mass is 154 g/mol. The van der Waals surface area contributed by atoms with Gasteiger partial charge in [-0.1, -0.05) is 40.0 Å². The third kappa shape index (κ3) is 3.27. The summed E-state index contributed by atoms with van der Waals surface area (Å²) in [6.45, 7) is 7.09. The topological polar surface area (TPSA) is 0 Å². The Morgan fingerprint density at radius 2 is 2.09 bits per heavy atom. The molecule has 0 radical (unpaired) electrons. The van der Waals surface area contributed by atoms with Crippen LogP contribution in [0.4, 0.5) is 0 Å². The van der Waals surface area contributed by atoms with Gasteiger partial charge in [-0.2, -0.15) is 0 Å². The second-order valence-corrected chi connectivity index (χ2v) is 4.46. The molecule has 1 rings (SSSR count). The first kappa shape index (κ1) is 9.09. The van der Waals surface area contributed by atoms with Gasteiger partial charge in [0.1, 0.15) is 0 Å². The van der Waals surface area contributed by atoms with Crippen molar-refractivity contribution in [1.82, 2.24) is 0 Å². The van der Waals surface area contributed by atoms with Gasteiger partial charge in [0.25, 0.3) is 0 Å². The van der Waals surface area contributed by atoms with Crippen LogP contribution in [-0.4, -0.2) is 0 Å². The quantitative estimate of drug-likeness (QED) is 0.564. The molecule has 0 amide bonds. The predicted octanol–water partition coefficient (Wildman–Crippen LogP) is 3.86. The van der Waals surface area contributed by atoms with Crippen LogP contribution in [0.15, 0.2) is 0 Å². The van der Waals surface area contributed by atoms with Gasteiger partial charge in [-0.05, 0) is 30.6 Å².